The molecule has 0 spiro atoms. The van der Waals surface area contributed by atoms with Crippen molar-refractivity contribution in [2.45, 2.75) is 12.8 Å². The molecule has 0 amide bonds. The molecule has 2 unspecified atom stereocenters. The van der Waals surface area contributed by atoms with Gasteiger partial charge in [0.05, 0.1) is 6.61 Å². The average Bonchev–Trinajstić information content (AvgIpc) is 2.63. The summed E-state index contributed by atoms with van der Waals surface area (Å²) in [5.74, 6) is 0.295. The number of hydrogen-bond donors (Lipinski definition) is 0. The van der Waals surface area contributed by atoms with Crippen molar-refractivity contribution in [3.8, 4) is 0 Å². The summed E-state index contributed by atoms with van der Waals surface area (Å²) in [4.78, 5) is 0. The van der Waals surface area contributed by atoms with Gasteiger partial charge in [0, 0.05) is 13.7 Å². The number of alkyl halides is 3. The van der Waals surface area contributed by atoms with Crippen molar-refractivity contribution >= 4 is 0 Å². The van der Waals surface area contributed by atoms with Gasteiger partial charge in [-0.3, -0.25) is 4.74 Å². The van der Waals surface area contributed by atoms with E-state index < -0.39 is 6.36 Å². The maximum atomic E-state index is 11.5. The molecule has 0 bridgehead atoms. The van der Waals surface area contributed by atoms with Crippen LogP contribution >= 0.6 is 0 Å². The van der Waals surface area contributed by atoms with Gasteiger partial charge < -0.3 is 4.74 Å². The molecule has 0 heterocycles. The Morgan fingerprint density at radius 3 is 2.33 bits per heavy atom. The van der Waals surface area contributed by atoms with E-state index >= 15 is 0 Å². The minimum Gasteiger partial charge on any atom is -0.384 e. The minimum atomic E-state index is -4.49. The van der Waals surface area contributed by atoms with Crippen molar-refractivity contribution in [3.63, 3.8) is 0 Å². The lowest BCUT2D eigenvalue weighted by molar-refractivity contribution is -0.326. The molecule has 5 heteroatoms. The fraction of sp³-hybridized carbons (Fsp3) is 1.00. The zero-order valence-corrected chi connectivity index (χ0v) is 6.73. The molecule has 1 fully saturated rings. The fourth-order valence-corrected chi connectivity index (χ4v) is 1.13. The number of rotatable bonds is 4. The highest BCUT2D eigenvalue weighted by molar-refractivity contribution is 4.85. The summed E-state index contributed by atoms with van der Waals surface area (Å²) in [6.45, 7) is 0.309. The topological polar surface area (TPSA) is 18.5 Å². The summed E-state index contributed by atoms with van der Waals surface area (Å²) < 4.78 is 43.0. The largest absolute Gasteiger partial charge is 0.522 e. The van der Waals surface area contributed by atoms with E-state index in [4.69, 9.17) is 4.74 Å². The van der Waals surface area contributed by atoms with E-state index in [0.717, 1.165) is 6.42 Å². The Bertz CT molecular complexity index is 146. The highest BCUT2D eigenvalue weighted by Crippen LogP contribution is 2.39. The third-order valence-electron chi connectivity index (χ3n) is 1.91. The molecule has 0 aromatic carbocycles. The first-order valence-electron chi connectivity index (χ1n) is 3.72. The Morgan fingerprint density at radius 2 is 1.83 bits per heavy atom. The summed E-state index contributed by atoms with van der Waals surface area (Å²) in [5.41, 5.74) is 0. The molecule has 12 heavy (non-hydrogen) atoms. The van der Waals surface area contributed by atoms with Crippen molar-refractivity contribution in [2.24, 2.45) is 11.8 Å². The number of hydrogen-bond acceptors (Lipinski definition) is 2. The number of ether oxygens (including phenoxy) is 2. The molecule has 0 saturated heterocycles. The average molecular weight is 184 g/mol. The summed E-state index contributed by atoms with van der Waals surface area (Å²) in [7, 11) is 1.54. The first-order valence-corrected chi connectivity index (χ1v) is 3.72. The fourth-order valence-electron chi connectivity index (χ4n) is 1.13. The summed E-state index contributed by atoms with van der Waals surface area (Å²) in [6.07, 6.45) is -3.70. The van der Waals surface area contributed by atoms with Crippen LogP contribution in [0.2, 0.25) is 0 Å². The van der Waals surface area contributed by atoms with E-state index in [0.29, 0.717) is 6.61 Å². The maximum Gasteiger partial charge on any atom is 0.522 e. The first kappa shape index (κ1) is 9.80. The van der Waals surface area contributed by atoms with Crippen molar-refractivity contribution < 1.29 is 22.6 Å². The van der Waals surface area contributed by atoms with Crippen molar-refractivity contribution in [1.29, 1.82) is 0 Å². The third-order valence-corrected chi connectivity index (χ3v) is 1.91. The molecule has 0 aromatic heterocycles. The third kappa shape index (κ3) is 3.40. The Labute approximate surface area is 68.6 Å². The van der Waals surface area contributed by atoms with Crippen LogP contribution in [0.3, 0.4) is 0 Å². The first-order chi connectivity index (χ1) is 5.53. The predicted octanol–water partition coefficient (Wildman–Crippen LogP) is 1.81. The Hall–Kier alpha value is -0.290. The van der Waals surface area contributed by atoms with E-state index in [1.165, 1.54) is 0 Å². The minimum absolute atomic E-state index is 0.0339. The molecule has 1 aliphatic carbocycles. The maximum absolute atomic E-state index is 11.5. The van der Waals surface area contributed by atoms with Crippen LogP contribution in [0, 0.1) is 11.8 Å². The van der Waals surface area contributed by atoms with Crippen molar-refractivity contribution in [1.82, 2.24) is 0 Å². The molecular weight excluding hydrogens is 173 g/mol. The van der Waals surface area contributed by atoms with Gasteiger partial charge in [-0.1, -0.05) is 0 Å². The Morgan fingerprint density at radius 1 is 1.25 bits per heavy atom. The van der Waals surface area contributed by atoms with Crippen LogP contribution in [-0.4, -0.2) is 26.7 Å². The van der Waals surface area contributed by atoms with Crippen LogP contribution in [0.25, 0.3) is 0 Å². The molecule has 2 atom stereocenters. The Balaban J connectivity index is 2.04. The normalized spacial score (nSPS) is 29.0. The molecule has 0 N–H and O–H groups in total. The molecule has 72 valence electrons. The lowest BCUT2D eigenvalue weighted by Gasteiger charge is -2.05. The molecule has 0 aromatic rings. The number of methoxy groups -OCH3 is 1. The van der Waals surface area contributed by atoms with Crippen LogP contribution in [0.5, 0.6) is 0 Å². The van der Waals surface area contributed by atoms with Gasteiger partial charge in [-0.25, -0.2) is 0 Å². The highest BCUT2D eigenvalue weighted by atomic mass is 19.4. The van der Waals surface area contributed by atoms with Crippen LogP contribution in [0.1, 0.15) is 6.42 Å². The SMILES string of the molecule is COCC1CC1COC(F)(F)F. The lowest BCUT2D eigenvalue weighted by atomic mass is 10.3. The molecular formula is C7H11F3O2. The Kier molecular flexibility index (Phi) is 2.95. The summed E-state index contributed by atoms with van der Waals surface area (Å²) in [5, 5.41) is 0. The van der Waals surface area contributed by atoms with Gasteiger partial charge in [-0.2, -0.15) is 0 Å². The zero-order valence-electron chi connectivity index (χ0n) is 6.73. The highest BCUT2D eigenvalue weighted by Gasteiger charge is 2.40. The molecule has 0 aliphatic heterocycles. The molecule has 1 rings (SSSR count). The molecule has 1 saturated carbocycles. The van der Waals surface area contributed by atoms with Gasteiger partial charge >= 0.3 is 6.36 Å². The molecule has 2 nitrogen and oxygen atoms in total. The summed E-state index contributed by atoms with van der Waals surface area (Å²) >= 11 is 0. The van der Waals surface area contributed by atoms with E-state index in [1.807, 2.05) is 0 Å². The van der Waals surface area contributed by atoms with E-state index in [1.54, 1.807) is 7.11 Å². The summed E-state index contributed by atoms with van der Waals surface area (Å²) in [6, 6.07) is 0. The molecule has 0 radical (unpaired) electrons. The van der Waals surface area contributed by atoms with E-state index in [9.17, 15) is 13.2 Å². The van der Waals surface area contributed by atoms with Gasteiger partial charge in [-0.05, 0) is 18.3 Å². The second-order valence-electron chi connectivity index (χ2n) is 2.97. The van der Waals surface area contributed by atoms with Crippen LogP contribution < -0.4 is 0 Å². The lowest BCUT2D eigenvalue weighted by Crippen LogP contribution is -2.15. The monoisotopic (exact) mass is 184 g/mol. The van der Waals surface area contributed by atoms with Gasteiger partial charge in [0.1, 0.15) is 0 Å². The standard InChI is InChI=1S/C7H11F3O2/c1-11-3-5-2-6(5)4-12-7(8,9)10/h5-6H,2-4H2,1H3. The zero-order chi connectivity index (χ0) is 9.19. The van der Waals surface area contributed by atoms with E-state index in [-0.39, 0.29) is 18.4 Å². The molecule has 1 aliphatic rings. The van der Waals surface area contributed by atoms with Crippen LogP contribution in [-0.2, 0) is 9.47 Å². The second-order valence-corrected chi connectivity index (χ2v) is 2.97. The van der Waals surface area contributed by atoms with Crippen LogP contribution in [0.4, 0.5) is 13.2 Å². The van der Waals surface area contributed by atoms with E-state index in [2.05, 4.69) is 4.74 Å². The predicted molar refractivity (Wildman–Crippen MR) is 35.5 cm³/mol. The second kappa shape index (κ2) is 3.62. The smallest absolute Gasteiger partial charge is 0.384 e. The number of halogens is 3. The van der Waals surface area contributed by atoms with Gasteiger partial charge in [-0.15, -0.1) is 13.2 Å². The van der Waals surface area contributed by atoms with Gasteiger partial charge in [0.15, 0.2) is 0 Å². The van der Waals surface area contributed by atoms with Crippen molar-refractivity contribution in [2.75, 3.05) is 20.3 Å². The van der Waals surface area contributed by atoms with Gasteiger partial charge in [0.2, 0.25) is 0 Å². The quantitative estimate of drug-likeness (QED) is 0.663. The van der Waals surface area contributed by atoms with Crippen molar-refractivity contribution in [3.05, 3.63) is 0 Å². The van der Waals surface area contributed by atoms with Gasteiger partial charge in [0.25, 0.3) is 0 Å². The van der Waals surface area contributed by atoms with Crippen LogP contribution in [0.15, 0.2) is 0 Å².